The molecule has 1 atom stereocenters. The number of carbonyl (C=O) groups excluding carboxylic acids is 2. The van der Waals surface area contributed by atoms with Crippen molar-refractivity contribution in [3.8, 4) is 9.88 Å². The molecule has 0 bridgehead atoms. The fourth-order valence-corrected chi connectivity index (χ4v) is 3.26. The second kappa shape index (κ2) is 5.10. The van der Waals surface area contributed by atoms with Gasteiger partial charge in [0.1, 0.15) is 5.01 Å². The van der Waals surface area contributed by atoms with Crippen LogP contribution in [0.2, 0.25) is 0 Å². The standard InChI is InChI=1S/C12H9NO4S2/c14-11(17-8-3-4-16-12(8)15)7-6-19-10(13-7)9-2-1-5-18-9/h1-2,5-6,8H,3-4H2. The molecule has 1 aliphatic heterocycles. The van der Waals surface area contributed by atoms with Crippen molar-refractivity contribution < 1.29 is 19.1 Å². The number of esters is 2. The van der Waals surface area contributed by atoms with E-state index in [1.807, 2.05) is 17.5 Å². The van der Waals surface area contributed by atoms with E-state index >= 15 is 0 Å². The number of carbonyl (C=O) groups is 2. The second-order valence-corrected chi connectivity index (χ2v) is 5.67. The molecule has 0 aliphatic carbocycles. The number of aromatic nitrogens is 1. The van der Waals surface area contributed by atoms with Gasteiger partial charge >= 0.3 is 11.9 Å². The molecule has 1 fully saturated rings. The SMILES string of the molecule is O=C(OC1CCOC1=O)c1csc(-c2cccs2)n1. The summed E-state index contributed by atoms with van der Waals surface area (Å²) in [7, 11) is 0. The van der Waals surface area contributed by atoms with Crippen molar-refractivity contribution in [2.24, 2.45) is 0 Å². The normalized spacial score (nSPS) is 18.3. The van der Waals surface area contributed by atoms with Crippen molar-refractivity contribution in [3.63, 3.8) is 0 Å². The quantitative estimate of drug-likeness (QED) is 0.813. The summed E-state index contributed by atoms with van der Waals surface area (Å²) in [6.07, 6.45) is -0.383. The fourth-order valence-electron chi connectivity index (χ4n) is 1.65. The lowest BCUT2D eigenvalue weighted by Gasteiger charge is -2.05. The number of hydrogen-bond acceptors (Lipinski definition) is 7. The monoisotopic (exact) mass is 295 g/mol. The third-order valence-electron chi connectivity index (χ3n) is 2.58. The zero-order valence-electron chi connectivity index (χ0n) is 9.70. The maximum atomic E-state index is 11.8. The topological polar surface area (TPSA) is 65.5 Å². The van der Waals surface area contributed by atoms with Gasteiger partial charge in [-0.15, -0.1) is 22.7 Å². The van der Waals surface area contributed by atoms with E-state index in [1.54, 1.807) is 16.7 Å². The minimum absolute atomic E-state index is 0.230. The van der Waals surface area contributed by atoms with E-state index in [0.717, 1.165) is 9.88 Å². The van der Waals surface area contributed by atoms with Gasteiger partial charge in [0, 0.05) is 11.8 Å². The summed E-state index contributed by atoms with van der Waals surface area (Å²) < 4.78 is 9.81. The zero-order chi connectivity index (χ0) is 13.2. The van der Waals surface area contributed by atoms with E-state index < -0.39 is 18.0 Å². The lowest BCUT2D eigenvalue weighted by atomic mass is 10.3. The summed E-state index contributed by atoms with van der Waals surface area (Å²) in [6.45, 7) is 0.300. The van der Waals surface area contributed by atoms with Crippen LogP contribution in [0.25, 0.3) is 9.88 Å². The summed E-state index contributed by atoms with van der Waals surface area (Å²) in [5.41, 5.74) is 0.230. The van der Waals surface area contributed by atoms with E-state index in [2.05, 4.69) is 4.98 Å². The Bertz CT molecular complexity index is 605. The number of rotatable bonds is 3. The van der Waals surface area contributed by atoms with Crippen LogP contribution in [-0.4, -0.2) is 29.6 Å². The predicted octanol–water partition coefficient (Wildman–Crippen LogP) is 2.34. The van der Waals surface area contributed by atoms with Crippen LogP contribution in [-0.2, 0) is 14.3 Å². The summed E-state index contributed by atoms with van der Waals surface area (Å²) in [6, 6.07) is 3.86. The van der Waals surface area contributed by atoms with Crippen molar-refractivity contribution in [3.05, 3.63) is 28.6 Å². The first kappa shape index (κ1) is 12.3. The molecule has 19 heavy (non-hydrogen) atoms. The van der Waals surface area contributed by atoms with Gasteiger partial charge in [-0.2, -0.15) is 0 Å². The molecule has 1 aliphatic rings. The maximum absolute atomic E-state index is 11.8. The van der Waals surface area contributed by atoms with Gasteiger partial charge in [-0.05, 0) is 11.4 Å². The molecule has 0 N–H and O–H groups in total. The highest BCUT2D eigenvalue weighted by Crippen LogP contribution is 2.28. The Morgan fingerprint density at radius 2 is 2.37 bits per heavy atom. The Hall–Kier alpha value is -1.73. The van der Waals surface area contributed by atoms with Crippen LogP contribution >= 0.6 is 22.7 Å². The fraction of sp³-hybridized carbons (Fsp3) is 0.250. The van der Waals surface area contributed by atoms with Crippen LogP contribution < -0.4 is 0 Å². The number of ether oxygens (including phenoxy) is 2. The van der Waals surface area contributed by atoms with E-state index in [0.29, 0.717) is 13.0 Å². The molecule has 7 heteroatoms. The molecule has 0 spiro atoms. The maximum Gasteiger partial charge on any atom is 0.358 e. The van der Waals surface area contributed by atoms with Crippen LogP contribution in [0.15, 0.2) is 22.9 Å². The van der Waals surface area contributed by atoms with Gasteiger partial charge in [-0.3, -0.25) is 0 Å². The van der Waals surface area contributed by atoms with E-state index in [9.17, 15) is 9.59 Å². The molecule has 3 heterocycles. The molecule has 0 amide bonds. The molecule has 2 aromatic rings. The average molecular weight is 295 g/mol. The largest absolute Gasteiger partial charge is 0.463 e. The number of thiazole rings is 1. The highest BCUT2D eigenvalue weighted by molar-refractivity contribution is 7.20. The molecule has 0 saturated carbocycles. The number of thiophene rings is 1. The van der Waals surface area contributed by atoms with Gasteiger partial charge in [0.15, 0.2) is 5.69 Å². The van der Waals surface area contributed by atoms with Crippen molar-refractivity contribution in [2.45, 2.75) is 12.5 Å². The molecular weight excluding hydrogens is 286 g/mol. The first-order valence-corrected chi connectivity index (χ1v) is 7.37. The lowest BCUT2D eigenvalue weighted by molar-refractivity contribution is -0.145. The van der Waals surface area contributed by atoms with E-state index in [4.69, 9.17) is 9.47 Å². The van der Waals surface area contributed by atoms with Gasteiger partial charge < -0.3 is 9.47 Å². The third kappa shape index (κ3) is 2.52. The van der Waals surface area contributed by atoms with Gasteiger partial charge in [-0.25, -0.2) is 14.6 Å². The highest BCUT2D eigenvalue weighted by Gasteiger charge is 2.31. The summed E-state index contributed by atoms with van der Waals surface area (Å²) in [4.78, 5) is 28.3. The summed E-state index contributed by atoms with van der Waals surface area (Å²) >= 11 is 2.93. The first-order valence-electron chi connectivity index (χ1n) is 5.61. The predicted molar refractivity (Wildman–Crippen MR) is 70.2 cm³/mol. The summed E-state index contributed by atoms with van der Waals surface area (Å²) in [5.74, 6) is -1.06. The minimum Gasteiger partial charge on any atom is -0.463 e. The van der Waals surface area contributed by atoms with Crippen LogP contribution in [0.1, 0.15) is 16.9 Å². The van der Waals surface area contributed by atoms with Crippen LogP contribution in [0.5, 0.6) is 0 Å². The highest BCUT2D eigenvalue weighted by atomic mass is 32.1. The van der Waals surface area contributed by atoms with Gasteiger partial charge in [0.05, 0.1) is 11.5 Å². The lowest BCUT2D eigenvalue weighted by Crippen LogP contribution is -2.22. The van der Waals surface area contributed by atoms with Gasteiger partial charge in [0.2, 0.25) is 6.10 Å². The molecule has 1 unspecified atom stereocenters. The smallest absolute Gasteiger partial charge is 0.358 e. The molecular formula is C12H9NO4S2. The molecule has 3 rings (SSSR count). The molecule has 5 nitrogen and oxygen atoms in total. The van der Waals surface area contributed by atoms with Gasteiger partial charge in [-0.1, -0.05) is 6.07 Å². The van der Waals surface area contributed by atoms with Crippen molar-refractivity contribution in [2.75, 3.05) is 6.61 Å². The number of nitrogens with zero attached hydrogens (tertiary/aromatic N) is 1. The molecule has 0 radical (unpaired) electrons. The Morgan fingerprint density at radius 3 is 3.05 bits per heavy atom. The Balaban J connectivity index is 1.72. The van der Waals surface area contributed by atoms with E-state index in [-0.39, 0.29) is 5.69 Å². The molecule has 98 valence electrons. The second-order valence-electron chi connectivity index (χ2n) is 3.87. The van der Waals surface area contributed by atoms with Crippen molar-refractivity contribution in [1.82, 2.24) is 4.98 Å². The van der Waals surface area contributed by atoms with Gasteiger partial charge in [0.25, 0.3) is 0 Å². The minimum atomic E-state index is -0.792. The van der Waals surface area contributed by atoms with Crippen LogP contribution in [0, 0.1) is 0 Å². The first-order chi connectivity index (χ1) is 9.24. The van der Waals surface area contributed by atoms with Crippen LogP contribution in [0.3, 0.4) is 0 Å². The third-order valence-corrected chi connectivity index (χ3v) is 4.46. The molecule has 0 aromatic carbocycles. The Labute approximate surface area is 116 Å². The Morgan fingerprint density at radius 1 is 1.47 bits per heavy atom. The van der Waals surface area contributed by atoms with Crippen molar-refractivity contribution in [1.29, 1.82) is 0 Å². The van der Waals surface area contributed by atoms with Crippen LogP contribution in [0.4, 0.5) is 0 Å². The molecule has 1 saturated heterocycles. The van der Waals surface area contributed by atoms with Crippen molar-refractivity contribution >= 4 is 34.6 Å². The number of cyclic esters (lactones) is 1. The Kier molecular flexibility index (Phi) is 3.31. The van der Waals surface area contributed by atoms with E-state index in [1.165, 1.54) is 11.3 Å². The average Bonchev–Trinajstić information content (AvgIpc) is 3.09. The number of hydrogen-bond donors (Lipinski definition) is 0. The summed E-state index contributed by atoms with van der Waals surface area (Å²) in [5, 5.41) is 4.36. The zero-order valence-corrected chi connectivity index (χ0v) is 11.3. The molecule has 2 aromatic heterocycles.